The monoisotopic (exact) mass is 395 g/mol. The predicted molar refractivity (Wildman–Crippen MR) is 105 cm³/mol. The molecule has 1 aliphatic carbocycles. The van der Waals surface area contributed by atoms with Crippen LogP contribution in [-0.4, -0.2) is 43.5 Å². The van der Waals surface area contributed by atoms with Gasteiger partial charge in [-0.1, -0.05) is 12.1 Å². The van der Waals surface area contributed by atoms with Crippen molar-refractivity contribution in [2.75, 3.05) is 0 Å². The Labute approximate surface area is 162 Å². The van der Waals surface area contributed by atoms with E-state index in [0.29, 0.717) is 25.7 Å². The van der Waals surface area contributed by atoms with Crippen molar-refractivity contribution in [3.8, 4) is 0 Å². The first-order chi connectivity index (χ1) is 12.3. The van der Waals surface area contributed by atoms with E-state index >= 15 is 0 Å². The van der Waals surface area contributed by atoms with Gasteiger partial charge in [0.2, 0.25) is 10.0 Å². The summed E-state index contributed by atoms with van der Waals surface area (Å²) in [7, 11) is -4.11. The van der Waals surface area contributed by atoms with Crippen LogP contribution in [0, 0.1) is 0 Å². The molecule has 1 aliphatic heterocycles. The van der Waals surface area contributed by atoms with Gasteiger partial charge in [0.25, 0.3) is 0 Å². The van der Waals surface area contributed by atoms with Crippen molar-refractivity contribution in [2.45, 2.75) is 88.0 Å². The van der Waals surface area contributed by atoms with E-state index in [2.05, 4.69) is 4.72 Å². The van der Waals surface area contributed by atoms with Crippen LogP contribution >= 0.6 is 0 Å². The molecule has 0 atom stereocenters. The molecule has 1 heterocycles. The molecule has 1 saturated carbocycles. The van der Waals surface area contributed by atoms with Crippen LogP contribution in [0.2, 0.25) is 0 Å². The zero-order valence-electron chi connectivity index (χ0n) is 16.8. The molecule has 0 spiro atoms. The van der Waals surface area contributed by atoms with Crippen LogP contribution in [-0.2, 0) is 19.3 Å². The van der Waals surface area contributed by atoms with E-state index in [-0.39, 0.29) is 10.9 Å². The quantitative estimate of drug-likeness (QED) is 0.762. The van der Waals surface area contributed by atoms with Gasteiger partial charge in [-0.05, 0) is 77.9 Å². The lowest BCUT2D eigenvalue weighted by Gasteiger charge is -2.33. The summed E-state index contributed by atoms with van der Waals surface area (Å²) in [5.41, 5.74) is -0.772. The maximum absolute atomic E-state index is 12.7. The van der Waals surface area contributed by atoms with Crippen LogP contribution in [0.15, 0.2) is 29.2 Å². The predicted octanol–water partition coefficient (Wildman–Crippen LogP) is 1.96. The second kappa shape index (κ2) is 6.85. The van der Waals surface area contributed by atoms with E-state index in [1.807, 2.05) is 27.7 Å². The van der Waals surface area contributed by atoms with Gasteiger partial charge in [-0.15, -0.1) is 0 Å². The Balaban J connectivity index is 1.68. The van der Waals surface area contributed by atoms with Gasteiger partial charge in [0.15, 0.2) is 0 Å². The molecule has 1 aromatic carbocycles. The molecule has 2 fully saturated rings. The van der Waals surface area contributed by atoms with Crippen molar-refractivity contribution >= 4 is 22.6 Å². The van der Waals surface area contributed by atoms with Crippen molar-refractivity contribution in [2.24, 2.45) is 0 Å². The van der Waals surface area contributed by atoms with Gasteiger partial charge in [0, 0.05) is 6.04 Å². The number of sulfonamides is 1. The molecule has 1 saturated heterocycles. The zero-order valence-corrected chi connectivity index (χ0v) is 17.6. The molecule has 8 heteroatoms. The highest BCUT2D eigenvalue weighted by Gasteiger charge is 2.51. The average Bonchev–Trinajstić information content (AvgIpc) is 2.78. The van der Waals surface area contributed by atoms with Gasteiger partial charge in [0.05, 0.1) is 21.7 Å². The lowest BCUT2D eigenvalue weighted by molar-refractivity contribution is 0.00578. The molecule has 6 nitrogen and oxygen atoms in total. The number of hydrogen-bond donors (Lipinski definition) is 2. The molecule has 0 unspecified atom stereocenters. The Bertz CT molecular complexity index is 763. The van der Waals surface area contributed by atoms with E-state index in [4.69, 9.17) is 9.31 Å². The third kappa shape index (κ3) is 4.40. The van der Waals surface area contributed by atoms with Gasteiger partial charge < -0.3 is 14.4 Å². The number of rotatable bonds is 4. The molecule has 0 bridgehead atoms. The fourth-order valence-corrected chi connectivity index (χ4v) is 4.73. The summed E-state index contributed by atoms with van der Waals surface area (Å²) in [4.78, 5) is 0.222. The molecule has 0 aromatic heterocycles. The van der Waals surface area contributed by atoms with Gasteiger partial charge in [0.1, 0.15) is 0 Å². The van der Waals surface area contributed by atoms with Crippen LogP contribution in [0.3, 0.4) is 0 Å². The number of aliphatic hydroxyl groups is 1. The van der Waals surface area contributed by atoms with Gasteiger partial charge >= 0.3 is 7.12 Å². The van der Waals surface area contributed by atoms with Gasteiger partial charge in [-0.25, -0.2) is 13.1 Å². The standard InChI is InChI=1S/C19H30BNO5S/c1-17(2)18(3,4)26-20(25-17)14-6-8-16(9-7-14)27(23,24)21-15-10-12-19(5,22)13-11-15/h6-9,15,21-22H,10-13H2,1-5H3/t15-,19+. The smallest absolute Gasteiger partial charge is 0.399 e. The Morgan fingerprint density at radius 2 is 1.48 bits per heavy atom. The molecule has 1 aromatic rings. The lowest BCUT2D eigenvalue weighted by Crippen LogP contribution is -2.42. The molecule has 27 heavy (non-hydrogen) atoms. The largest absolute Gasteiger partial charge is 0.494 e. The van der Waals surface area contributed by atoms with E-state index in [1.165, 1.54) is 0 Å². The number of hydrogen-bond acceptors (Lipinski definition) is 5. The van der Waals surface area contributed by atoms with Crippen molar-refractivity contribution in [3.05, 3.63) is 24.3 Å². The van der Waals surface area contributed by atoms with Crippen molar-refractivity contribution in [3.63, 3.8) is 0 Å². The topological polar surface area (TPSA) is 84.9 Å². The summed E-state index contributed by atoms with van der Waals surface area (Å²) in [6.07, 6.45) is 2.47. The highest BCUT2D eigenvalue weighted by molar-refractivity contribution is 7.89. The third-order valence-corrected chi connectivity index (χ3v) is 7.64. The second-order valence-electron chi connectivity index (χ2n) is 9.05. The van der Waals surface area contributed by atoms with E-state index in [1.54, 1.807) is 31.2 Å². The Morgan fingerprint density at radius 3 is 1.96 bits per heavy atom. The van der Waals surface area contributed by atoms with E-state index in [0.717, 1.165) is 5.46 Å². The molecule has 2 N–H and O–H groups in total. The molecular weight excluding hydrogens is 365 g/mol. The fraction of sp³-hybridized carbons (Fsp3) is 0.684. The Hall–Kier alpha value is -0.925. The van der Waals surface area contributed by atoms with E-state index in [9.17, 15) is 13.5 Å². The van der Waals surface area contributed by atoms with Crippen LogP contribution in [0.4, 0.5) is 0 Å². The van der Waals surface area contributed by atoms with Crippen LogP contribution < -0.4 is 10.2 Å². The minimum Gasteiger partial charge on any atom is -0.399 e. The molecular formula is C19H30BNO5S. The number of nitrogens with one attached hydrogen (secondary N) is 1. The van der Waals surface area contributed by atoms with Gasteiger partial charge in [-0.3, -0.25) is 0 Å². The summed E-state index contributed by atoms with van der Waals surface area (Å²) in [6, 6.07) is 6.51. The highest BCUT2D eigenvalue weighted by Crippen LogP contribution is 2.36. The first-order valence-corrected chi connectivity index (χ1v) is 11.0. The van der Waals surface area contributed by atoms with Crippen molar-refractivity contribution < 1.29 is 22.8 Å². The molecule has 150 valence electrons. The maximum Gasteiger partial charge on any atom is 0.494 e. The van der Waals surface area contributed by atoms with Crippen molar-refractivity contribution in [1.29, 1.82) is 0 Å². The normalized spacial score (nSPS) is 30.4. The SMILES string of the molecule is CC1(C)OB(c2ccc(S(=O)(=O)N[C@H]3CC[C@@](C)(O)CC3)cc2)OC1(C)C. The molecule has 0 radical (unpaired) electrons. The summed E-state index contributed by atoms with van der Waals surface area (Å²) in [5, 5.41) is 10.0. The summed E-state index contributed by atoms with van der Waals surface area (Å²) >= 11 is 0. The molecule has 3 rings (SSSR count). The fourth-order valence-electron chi connectivity index (χ4n) is 3.43. The first-order valence-electron chi connectivity index (χ1n) is 9.52. The highest BCUT2D eigenvalue weighted by atomic mass is 32.2. The zero-order chi connectivity index (χ0) is 20.1. The minimum atomic E-state index is -3.60. The van der Waals surface area contributed by atoms with E-state index < -0.39 is 33.9 Å². The third-order valence-electron chi connectivity index (χ3n) is 6.10. The van der Waals surface area contributed by atoms with Gasteiger partial charge in [-0.2, -0.15) is 0 Å². The second-order valence-corrected chi connectivity index (χ2v) is 10.8. The Kier molecular flexibility index (Phi) is 5.27. The maximum atomic E-state index is 12.7. The van der Waals surface area contributed by atoms with Crippen LogP contribution in [0.25, 0.3) is 0 Å². The minimum absolute atomic E-state index is 0.141. The summed E-state index contributed by atoms with van der Waals surface area (Å²) in [5.74, 6) is 0. The average molecular weight is 395 g/mol. The lowest BCUT2D eigenvalue weighted by atomic mass is 9.79. The van der Waals surface area contributed by atoms with Crippen LogP contribution in [0.1, 0.15) is 60.3 Å². The first kappa shape index (κ1) is 20.8. The Morgan fingerprint density at radius 1 is 1.00 bits per heavy atom. The number of benzene rings is 1. The van der Waals surface area contributed by atoms with Crippen molar-refractivity contribution in [1.82, 2.24) is 4.72 Å². The summed E-state index contributed by atoms with van der Waals surface area (Å²) < 4.78 is 40.1. The molecule has 0 amide bonds. The van der Waals surface area contributed by atoms with Crippen LogP contribution in [0.5, 0.6) is 0 Å². The summed E-state index contributed by atoms with van der Waals surface area (Å²) in [6.45, 7) is 9.73. The molecule has 2 aliphatic rings.